The summed E-state index contributed by atoms with van der Waals surface area (Å²) in [6.45, 7) is 0.671. The van der Waals surface area contributed by atoms with Crippen LogP contribution >= 0.6 is 22.9 Å². The average molecular weight is 269 g/mol. The number of rotatable bonds is 4. The van der Waals surface area contributed by atoms with E-state index in [2.05, 4.69) is 10.3 Å². The minimum atomic E-state index is 0.671. The summed E-state index contributed by atoms with van der Waals surface area (Å²) in [6.07, 6.45) is 0. The topological polar surface area (TPSA) is 34.2 Å². The molecule has 0 radical (unpaired) electrons. The van der Waals surface area contributed by atoms with Gasteiger partial charge in [0.05, 0.1) is 18.4 Å². The summed E-state index contributed by atoms with van der Waals surface area (Å²) in [6, 6.07) is 7.80. The van der Waals surface area contributed by atoms with Crippen molar-refractivity contribution in [3.05, 3.63) is 34.3 Å². The van der Waals surface area contributed by atoms with Crippen molar-refractivity contribution in [3.8, 4) is 16.3 Å². The molecule has 0 saturated heterocycles. The molecule has 0 aliphatic rings. The number of ether oxygens (including phenoxy) is 1. The first-order valence-electron chi connectivity index (χ1n) is 5.19. The van der Waals surface area contributed by atoms with E-state index in [0.717, 1.165) is 26.4 Å². The second-order valence-electron chi connectivity index (χ2n) is 3.47. The van der Waals surface area contributed by atoms with Gasteiger partial charge in [-0.1, -0.05) is 23.7 Å². The van der Waals surface area contributed by atoms with Crippen LogP contribution in [0.4, 0.5) is 0 Å². The molecule has 5 heteroatoms. The smallest absolute Gasteiger partial charge is 0.129 e. The third-order valence-electron chi connectivity index (χ3n) is 2.33. The van der Waals surface area contributed by atoms with Crippen LogP contribution in [-0.4, -0.2) is 19.1 Å². The van der Waals surface area contributed by atoms with Gasteiger partial charge in [0.2, 0.25) is 0 Å². The van der Waals surface area contributed by atoms with Gasteiger partial charge in [0.15, 0.2) is 0 Å². The van der Waals surface area contributed by atoms with Crippen LogP contribution in [-0.2, 0) is 6.54 Å². The maximum Gasteiger partial charge on any atom is 0.129 e. The Hall–Kier alpha value is -1.10. The quantitative estimate of drug-likeness (QED) is 0.925. The average Bonchev–Trinajstić information content (AvgIpc) is 2.71. The molecule has 0 unspecified atom stereocenters. The highest BCUT2D eigenvalue weighted by atomic mass is 35.5. The molecular weight excluding hydrogens is 256 g/mol. The van der Waals surface area contributed by atoms with Gasteiger partial charge in [-0.05, 0) is 19.2 Å². The Morgan fingerprint density at radius 1 is 1.41 bits per heavy atom. The number of hydrogen-bond donors (Lipinski definition) is 1. The van der Waals surface area contributed by atoms with E-state index in [9.17, 15) is 0 Å². The zero-order valence-electron chi connectivity index (χ0n) is 9.66. The summed E-state index contributed by atoms with van der Waals surface area (Å²) in [5, 5.41) is 3.93. The molecule has 1 heterocycles. The zero-order chi connectivity index (χ0) is 12.3. The normalized spacial score (nSPS) is 10.5. The third-order valence-corrected chi connectivity index (χ3v) is 3.70. The van der Waals surface area contributed by atoms with Crippen molar-refractivity contribution in [2.45, 2.75) is 6.54 Å². The van der Waals surface area contributed by atoms with Gasteiger partial charge in [-0.15, -0.1) is 11.3 Å². The van der Waals surface area contributed by atoms with Crippen molar-refractivity contribution in [3.63, 3.8) is 0 Å². The number of aromatic nitrogens is 1. The molecule has 0 amide bonds. The molecule has 2 rings (SSSR count). The zero-order valence-corrected chi connectivity index (χ0v) is 11.2. The predicted molar refractivity (Wildman–Crippen MR) is 71.9 cm³/mol. The Balaban J connectivity index is 2.42. The molecule has 0 saturated carbocycles. The van der Waals surface area contributed by atoms with Gasteiger partial charge >= 0.3 is 0 Å². The molecule has 17 heavy (non-hydrogen) atoms. The largest absolute Gasteiger partial charge is 0.496 e. The lowest BCUT2D eigenvalue weighted by Crippen LogP contribution is -2.05. The Labute approximate surface area is 109 Å². The number of benzene rings is 1. The Kier molecular flexibility index (Phi) is 3.99. The van der Waals surface area contributed by atoms with Gasteiger partial charge in [0.25, 0.3) is 0 Å². The van der Waals surface area contributed by atoms with E-state index in [1.807, 2.05) is 31.3 Å². The van der Waals surface area contributed by atoms with Gasteiger partial charge in [0, 0.05) is 6.54 Å². The summed E-state index contributed by atoms with van der Waals surface area (Å²) in [4.78, 5) is 4.52. The molecule has 0 fully saturated rings. The molecule has 0 aliphatic carbocycles. The van der Waals surface area contributed by atoms with E-state index < -0.39 is 0 Å². The van der Waals surface area contributed by atoms with E-state index in [1.54, 1.807) is 7.11 Å². The number of hydrogen-bond acceptors (Lipinski definition) is 4. The van der Waals surface area contributed by atoms with Crippen molar-refractivity contribution in [1.82, 2.24) is 10.3 Å². The van der Waals surface area contributed by atoms with E-state index in [1.165, 1.54) is 11.3 Å². The molecule has 1 N–H and O–H groups in total. The maximum absolute atomic E-state index is 6.14. The second-order valence-corrected chi connectivity index (χ2v) is 5.07. The lowest BCUT2D eigenvalue weighted by molar-refractivity contribution is 0.416. The Morgan fingerprint density at radius 2 is 2.18 bits per heavy atom. The van der Waals surface area contributed by atoms with E-state index >= 15 is 0 Å². The molecule has 1 aromatic heterocycles. The summed E-state index contributed by atoms with van der Waals surface area (Å²) in [7, 11) is 3.53. The van der Waals surface area contributed by atoms with Crippen molar-refractivity contribution >= 4 is 22.9 Å². The summed E-state index contributed by atoms with van der Waals surface area (Å²) < 4.78 is 6.04. The van der Waals surface area contributed by atoms with Crippen molar-refractivity contribution in [2.24, 2.45) is 0 Å². The van der Waals surface area contributed by atoms with E-state index in [-0.39, 0.29) is 0 Å². The lowest BCUT2D eigenvalue weighted by Gasteiger charge is -2.04. The van der Waals surface area contributed by atoms with Crippen LogP contribution in [0.3, 0.4) is 0 Å². The van der Waals surface area contributed by atoms with Crippen LogP contribution in [0.25, 0.3) is 10.6 Å². The number of methoxy groups -OCH3 is 1. The predicted octanol–water partition coefficient (Wildman–Crippen LogP) is 3.19. The molecule has 0 bridgehead atoms. The number of para-hydroxylation sites is 1. The minimum absolute atomic E-state index is 0.671. The standard InChI is InChI=1S/C12H13ClN2OS/c1-14-7-9-11(13)17-12(15-9)8-5-3-4-6-10(8)16-2/h3-6,14H,7H2,1-2H3. The van der Waals surface area contributed by atoms with Crippen molar-refractivity contribution in [2.75, 3.05) is 14.2 Å². The van der Waals surface area contributed by atoms with E-state index in [4.69, 9.17) is 16.3 Å². The first-order valence-corrected chi connectivity index (χ1v) is 6.39. The summed E-state index contributed by atoms with van der Waals surface area (Å²) in [5.41, 5.74) is 1.85. The molecule has 3 nitrogen and oxygen atoms in total. The van der Waals surface area contributed by atoms with Crippen LogP contribution in [0.1, 0.15) is 5.69 Å². The van der Waals surface area contributed by atoms with Gasteiger partial charge in [0.1, 0.15) is 15.1 Å². The molecular formula is C12H13ClN2OS. The van der Waals surface area contributed by atoms with Crippen LogP contribution in [0.5, 0.6) is 5.75 Å². The summed E-state index contributed by atoms with van der Waals surface area (Å²) in [5.74, 6) is 0.814. The van der Waals surface area contributed by atoms with Crippen LogP contribution < -0.4 is 10.1 Å². The summed E-state index contributed by atoms with van der Waals surface area (Å²) >= 11 is 7.62. The van der Waals surface area contributed by atoms with Gasteiger partial charge in [-0.25, -0.2) is 4.98 Å². The SMILES string of the molecule is CNCc1nc(-c2ccccc2OC)sc1Cl. The molecule has 0 atom stereocenters. The fourth-order valence-electron chi connectivity index (χ4n) is 1.55. The van der Waals surface area contributed by atoms with E-state index in [0.29, 0.717) is 6.54 Å². The van der Waals surface area contributed by atoms with Crippen LogP contribution in [0.15, 0.2) is 24.3 Å². The highest BCUT2D eigenvalue weighted by Gasteiger charge is 2.13. The van der Waals surface area contributed by atoms with Crippen LogP contribution in [0, 0.1) is 0 Å². The molecule has 90 valence electrons. The van der Waals surface area contributed by atoms with Crippen molar-refractivity contribution < 1.29 is 4.74 Å². The first-order chi connectivity index (χ1) is 8.26. The number of halogens is 1. The van der Waals surface area contributed by atoms with Gasteiger partial charge in [-0.3, -0.25) is 0 Å². The number of nitrogens with zero attached hydrogens (tertiary/aromatic N) is 1. The highest BCUT2D eigenvalue weighted by Crippen LogP contribution is 2.36. The monoisotopic (exact) mass is 268 g/mol. The van der Waals surface area contributed by atoms with Crippen LogP contribution in [0.2, 0.25) is 4.34 Å². The molecule has 2 aromatic rings. The maximum atomic E-state index is 6.14. The highest BCUT2D eigenvalue weighted by molar-refractivity contribution is 7.19. The third kappa shape index (κ3) is 2.60. The molecule has 0 aliphatic heterocycles. The van der Waals surface area contributed by atoms with Gasteiger partial charge < -0.3 is 10.1 Å². The first kappa shape index (κ1) is 12.4. The minimum Gasteiger partial charge on any atom is -0.496 e. The van der Waals surface area contributed by atoms with Gasteiger partial charge in [-0.2, -0.15) is 0 Å². The second kappa shape index (κ2) is 5.49. The number of nitrogens with one attached hydrogen (secondary N) is 1. The molecule has 0 spiro atoms. The fraction of sp³-hybridized carbons (Fsp3) is 0.250. The lowest BCUT2D eigenvalue weighted by atomic mass is 10.2. The molecule has 1 aromatic carbocycles. The number of thiazole rings is 1. The van der Waals surface area contributed by atoms with Crippen molar-refractivity contribution in [1.29, 1.82) is 0 Å². The Bertz CT molecular complexity index is 513. The Morgan fingerprint density at radius 3 is 2.88 bits per heavy atom. The fourth-order valence-corrected chi connectivity index (χ4v) is 2.71.